The average molecular weight is 212 g/mol. The molecule has 5 nitrogen and oxygen atoms in total. The largest absolute Gasteiger partial charge is 0.478 e. The van der Waals surface area contributed by atoms with Gasteiger partial charge >= 0.3 is 5.97 Å². The fourth-order valence-electron chi connectivity index (χ4n) is 1.60. The highest BCUT2D eigenvalue weighted by atomic mass is 16.4. The lowest BCUT2D eigenvalue weighted by atomic mass is 10.2. The van der Waals surface area contributed by atoms with Crippen molar-refractivity contribution in [1.29, 1.82) is 0 Å². The molecule has 0 unspecified atom stereocenters. The van der Waals surface area contributed by atoms with Crippen molar-refractivity contribution >= 4 is 5.97 Å². The van der Waals surface area contributed by atoms with Crippen LogP contribution in [0.5, 0.6) is 0 Å². The van der Waals surface area contributed by atoms with Gasteiger partial charge in [-0.05, 0) is 26.7 Å². The maximum Gasteiger partial charge on any atom is 0.339 e. The van der Waals surface area contributed by atoms with E-state index >= 15 is 0 Å². The van der Waals surface area contributed by atoms with Gasteiger partial charge in [-0.15, -0.1) is 0 Å². The number of rotatable bonds is 5. The number of carboxylic acid groups (broad SMARTS) is 1. The molecule has 15 heavy (non-hydrogen) atoms. The van der Waals surface area contributed by atoms with Crippen molar-refractivity contribution in [2.45, 2.75) is 33.2 Å². The quantitative estimate of drug-likeness (QED) is 0.713. The normalized spacial score (nSPS) is 10.6. The molecule has 1 aromatic rings. The zero-order chi connectivity index (χ0) is 11.4. The molecule has 0 fully saturated rings. The van der Waals surface area contributed by atoms with Crippen molar-refractivity contribution in [3.8, 4) is 0 Å². The second-order valence-electron chi connectivity index (χ2n) is 3.50. The van der Waals surface area contributed by atoms with Crippen LogP contribution in [-0.4, -0.2) is 32.6 Å². The monoisotopic (exact) mass is 212 g/mol. The summed E-state index contributed by atoms with van der Waals surface area (Å²) in [6.45, 7) is 4.26. The van der Waals surface area contributed by atoms with Gasteiger partial charge in [0.1, 0.15) is 5.56 Å². The molecule has 0 aliphatic carbocycles. The van der Waals surface area contributed by atoms with Crippen LogP contribution in [0.3, 0.4) is 0 Å². The summed E-state index contributed by atoms with van der Waals surface area (Å²) in [5.41, 5.74) is 1.51. The van der Waals surface area contributed by atoms with Gasteiger partial charge in [0.05, 0.1) is 11.4 Å². The molecule has 1 aromatic heterocycles. The Labute approximate surface area is 88.3 Å². The van der Waals surface area contributed by atoms with Crippen molar-refractivity contribution < 1.29 is 15.0 Å². The Balaban J connectivity index is 2.82. The van der Waals surface area contributed by atoms with Crippen molar-refractivity contribution in [1.82, 2.24) is 9.78 Å². The van der Waals surface area contributed by atoms with E-state index in [1.54, 1.807) is 18.5 Å². The second kappa shape index (κ2) is 4.93. The Bertz CT molecular complexity index is 358. The lowest BCUT2D eigenvalue weighted by Crippen LogP contribution is -2.05. The maximum atomic E-state index is 10.9. The summed E-state index contributed by atoms with van der Waals surface area (Å²) < 4.78 is 1.69. The summed E-state index contributed by atoms with van der Waals surface area (Å²) in [5.74, 6) is -0.932. The van der Waals surface area contributed by atoms with E-state index in [9.17, 15) is 4.79 Å². The van der Waals surface area contributed by atoms with Crippen LogP contribution in [0.4, 0.5) is 0 Å². The van der Waals surface area contributed by atoms with Gasteiger partial charge in [-0.2, -0.15) is 5.10 Å². The number of carboxylic acids is 1. The minimum atomic E-state index is -0.932. The standard InChI is InChI=1S/C10H16N2O3/c1-7-9(10(14)15)8(2)12(11-7)5-3-4-6-13/h13H,3-6H2,1-2H3,(H,14,15). The van der Waals surface area contributed by atoms with Crippen LogP contribution in [-0.2, 0) is 6.54 Å². The summed E-state index contributed by atoms with van der Waals surface area (Å²) in [6.07, 6.45) is 1.51. The fourth-order valence-corrected chi connectivity index (χ4v) is 1.60. The second-order valence-corrected chi connectivity index (χ2v) is 3.50. The number of hydrogen-bond donors (Lipinski definition) is 2. The summed E-state index contributed by atoms with van der Waals surface area (Å²) in [6, 6.07) is 0. The lowest BCUT2D eigenvalue weighted by Gasteiger charge is -2.02. The predicted octanol–water partition coefficient (Wildman–Crippen LogP) is 0.971. The molecule has 0 amide bonds. The summed E-state index contributed by atoms with van der Waals surface area (Å²) in [5, 5.41) is 21.7. The highest BCUT2D eigenvalue weighted by Crippen LogP contribution is 2.13. The first-order valence-corrected chi connectivity index (χ1v) is 4.96. The van der Waals surface area contributed by atoms with Gasteiger partial charge in [-0.25, -0.2) is 4.79 Å². The van der Waals surface area contributed by atoms with Gasteiger partial charge in [-0.3, -0.25) is 4.68 Å². The number of aromatic carboxylic acids is 1. The average Bonchev–Trinajstić information content (AvgIpc) is 2.42. The number of aliphatic hydroxyl groups is 1. The van der Waals surface area contributed by atoms with Crippen LogP contribution in [0.25, 0.3) is 0 Å². The third-order valence-electron chi connectivity index (χ3n) is 2.37. The molecule has 84 valence electrons. The molecule has 0 saturated heterocycles. The van der Waals surface area contributed by atoms with Crippen LogP contribution in [0.2, 0.25) is 0 Å². The van der Waals surface area contributed by atoms with Gasteiger partial charge in [0.25, 0.3) is 0 Å². The molecule has 0 aromatic carbocycles. The summed E-state index contributed by atoms with van der Waals surface area (Å²) in [4.78, 5) is 10.9. The number of hydrogen-bond acceptors (Lipinski definition) is 3. The number of nitrogens with zero attached hydrogens (tertiary/aromatic N) is 2. The third kappa shape index (κ3) is 2.56. The molecule has 1 heterocycles. The Morgan fingerprint density at radius 2 is 2.07 bits per heavy atom. The minimum Gasteiger partial charge on any atom is -0.478 e. The van der Waals surface area contributed by atoms with Crippen LogP contribution < -0.4 is 0 Å². The zero-order valence-corrected chi connectivity index (χ0v) is 9.03. The van der Waals surface area contributed by atoms with E-state index < -0.39 is 5.97 Å². The van der Waals surface area contributed by atoms with Gasteiger partial charge in [-0.1, -0.05) is 0 Å². The summed E-state index contributed by atoms with van der Waals surface area (Å²) in [7, 11) is 0. The van der Waals surface area contributed by atoms with Gasteiger partial charge in [0.15, 0.2) is 0 Å². The Morgan fingerprint density at radius 1 is 1.40 bits per heavy atom. The van der Waals surface area contributed by atoms with Gasteiger partial charge in [0, 0.05) is 13.2 Å². The van der Waals surface area contributed by atoms with Crippen LogP contribution >= 0.6 is 0 Å². The SMILES string of the molecule is Cc1nn(CCCCO)c(C)c1C(=O)O. The van der Waals surface area contributed by atoms with Gasteiger partial charge < -0.3 is 10.2 Å². The number of unbranched alkanes of at least 4 members (excludes halogenated alkanes) is 1. The van der Waals surface area contributed by atoms with Crippen molar-refractivity contribution in [2.24, 2.45) is 0 Å². The van der Waals surface area contributed by atoms with E-state index in [2.05, 4.69) is 5.10 Å². The van der Waals surface area contributed by atoms with Crippen molar-refractivity contribution in [3.63, 3.8) is 0 Å². The van der Waals surface area contributed by atoms with Crippen molar-refractivity contribution in [2.75, 3.05) is 6.61 Å². The first kappa shape index (κ1) is 11.7. The van der Waals surface area contributed by atoms with Gasteiger partial charge in [0.2, 0.25) is 0 Å². The topological polar surface area (TPSA) is 75.3 Å². The number of aromatic nitrogens is 2. The fraction of sp³-hybridized carbons (Fsp3) is 0.600. The molecule has 2 N–H and O–H groups in total. The Kier molecular flexibility index (Phi) is 3.85. The van der Waals surface area contributed by atoms with E-state index in [1.165, 1.54) is 0 Å². The zero-order valence-electron chi connectivity index (χ0n) is 9.03. The molecule has 0 atom stereocenters. The molecule has 0 aliphatic rings. The predicted molar refractivity (Wildman–Crippen MR) is 55.0 cm³/mol. The highest BCUT2D eigenvalue weighted by Gasteiger charge is 2.16. The Morgan fingerprint density at radius 3 is 2.53 bits per heavy atom. The highest BCUT2D eigenvalue weighted by molar-refractivity contribution is 5.90. The number of carbonyl (C=O) groups is 1. The third-order valence-corrected chi connectivity index (χ3v) is 2.37. The molecule has 5 heteroatoms. The number of aliphatic hydroxyl groups excluding tert-OH is 1. The first-order chi connectivity index (χ1) is 7.07. The Hall–Kier alpha value is -1.36. The number of aryl methyl sites for hydroxylation is 2. The van der Waals surface area contributed by atoms with E-state index in [1.807, 2.05) is 0 Å². The van der Waals surface area contributed by atoms with Crippen LogP contribution in [0, 0.1) is 13.8 Å². The van der Waals surface area contributed by atoms with E-state index in [-0.39, 0.29) is 6.61 Å². The molecule has 0 radical (unpaired) electrons. The molecule has 0 bridgehead atoms. The van der Waals surface area contributed by atoms with Crippen molar-refractivity contribution in [3.05, 3.63) is 17.0 Å². The van der Waals surface area contributed by atoms with E-state index in [0.29, 0.717) is 29.9 Å². The van der Waals surface area contributed by atoms with E-state index in [4.69, 9.17) is 10.2 Å². The molecule has 1 rings (SSSR count). The van der Waals surface area contributed by atoms with Crippen LogP contribution in [0.1, 0.15) is 34.6 Å². The van der Waals surface area contributed by atoms with Crippen LogP contribution in [0.15, 0.2) is 0 Å². The molecular weight excluding hydrogens is 196 g/mol. The smallest absolute Gasteiger partial charge is 0.339 e. The molecule has 0 spiro atoms. The maximum absolute atomic E-state index is 10.9. The molecule has 0 aliphatic heterocycles. The first-order valence-electron chi connectivity index (χ1n) is 4.96. The molecule has 0 saturated carbocycles. The van der Waals surface area contributed by atoms with E-state index in [0.717, 1.165) is 6.42 Å². The minimum absolute atomic E-state index is 0.158. The lowest BCUT2D eigenvalue weighted by molar-refractivity contribution is 0.0695. The summed E-state index contributed by atoms with van der Waals surface area (Å²) >= 11 is 0. The molecular formula is C10H16N2O3.